The van der Waals surface area contributed by atoms with E-state index in [9.17, 15) is 18.8 Å². The average Bonchev–Trinajstić information content (AvgIpc) is 3.63. The molecular weight excluding hydrogens is 601 g/mol. The Morgan fingerprint density at radius 2 is 1.82 bits per heavy atom. The van der Waals surface area contributed by atoms with E-state index in [-0.39, 0.29) is 31.2 Å². The molecule has 0 radical (unpaired) electrons. The van der Waals surface area contributed by atoms with E-state index in [0.29, 0.717) is 32.1 Å². The van der Waals surface area contributed by atoms with Crippen LogP contribution in [-0.4, -0.2) is 60.4 Å². The van der Waals surface area contributed by atoms with Gasteiger partial charge in [0.2, 0.25) is 5.91 Å². The van der Waals surface area contributed by atoms with Crippen LogP contribution in [0.3, 0.4) is 0 Å². The fourth-order valence-corrected chi connectivity index (χ4v) is 6.67. The quantitative estimate of drug-likeness (QED) is 0.266. The normalized spacial score (nSPS) is 16.8. The van der Waals surface area contributed by atoms with Gasteiger partial charge in [0.05, 0.1) is 24.7 Å². The number of amides is 1. The van der Waals surface area contributed by atoms with E-state index >= 15 is 0 Å². The number of carbonyl (C=O) groups is 1. The second-order valence-electron chi connectivity index (χ2n) is 12.1. The number of hydrogen-bond donors (Lipinski definition) is 3. The minimum absolute atomic E-state index is 0.135. The number of rotatable bonds is 8. The second-order valence-corrected chi connectivity index (χ2v) is 13.1. The number of hydrogen-bond acceptors (Lipinski definition) is 8. The molecule has 1 aromatic carbocycles. The van der Waals surface area contributed by atoms with Crippen molar-refractivity contribution in [3.8, 4) is 10.8 Å². The summed E-state index contributed by atoms with van der Waals surface area (Å²) in [5.41, 5.74) is -1.40. The van der Waals surface area contributed by atoms with Crippen molar-refractivity contribution >= 4 is 27.5 Å². The Kier molecular flexibility index (Phi) is 10.7. The van der Waals surface area contributed by atoms with Crippen LogP contribution in [0.4, 0.5) is 4.39 Å². The largest absolute Gasteiger partial charge is 0.496 e. The Morgan fingerprint density at radius 3 is 2.38 bits per heavy atom. The fourth-order valence-electron chi connectivity index (χ4n) is 5.41. The van der Waals surface area contributed by atoms with Gasteiger partial charge in [0.25, 0.3) is 5.56 Å². The van der Waals surface area contributed by atoms with Gasteiger partial charge in [-0.05, 0) is 96.6 Å². The van der Waals surface area contributed by atoms with Gasteiger partial charge in [-0.15, -0.1) is 0 Å². The van der Waals surface area contributed by atoms with Crippen LogP contribution < -0.4 is 21.3 Å². The van der Waals surface area contributed by atoms with E-state index in [0.717, 1.165) is 30.3 Å². The smallest absolute Gasteiger partial charge is 0.333 e. The summed E-state index contributed by atoms with van der Waals surface area (Å²) in [5.74, 6) is -0.368. The molecule has 0 spiro atoms. The molecule has 4 aromatic rings. The van der Waals surface area contributed by atoms with E-state index in [1.54, 1.807) is 43.9 Å². The number of ether oxygens (including phenoxy) is 1. The van der Waals surface area contributed by atoms with Crippen LogP contribution in [-0.2, 0) is 23.3 Å². The van der Waals surface area contributed by atoms with Crippen molar-refractivity contribution in [3.05, 3.63) is 74.4 Å². The maximum atomic E-state index is 14.0. The topological polar surface area (TPSA) is 141 Å². The van der Waals surface area contributed by atoms with Crippen molar-refractivity contribution in [3.63, 3.8) is 0 Å². The van der Waals surface area contributed by atoms with Crippen LogP contribution in [0.5, 0.6) is 5.75 Å². The third kappa shape index (κ3) is 7.37. The van der Waals surface area contributed by atoms with Crippen molar-refractivity contribution in [2.24, 2.45) is 0 Å². The lowest BCUT2D eigenvalue weighted by Crippen LogP contribution is -2.56. The van der Waals surface area contributed by atoms with Crippen LogP contribution in [0.25, 0.3) is 15.2 Å². The van der Waals surface area contributed by atoms with Gasteiger partial charge >= 0.3 is 5.69 Å². The average molecular weight is 644 g/mol. The zero-order valence-electron chi connectivity index (χ0n) is 26.5. The lowest BCUT2D eigenvalue weighted by Gasteiger charge is -2.27. The van der Waals surface area contributed by atoms with Gasteiger partial charge in [-0.3, -0.25) is 14.2 Å². The zero-order chi connectivity index (χ0) is 33.1. The molecule has 45 heavy (non-hydrogen) atoms. The predicted octanol–water partition coefficient (Wildman–Crippen LogP) is 3.65. The Labute approximate surface area is 264 Å². The number of nitrogens with zero attached hydrogens (tertiary/aromatic N) is 4. The third-order valence-electron chi connectivity index (χ3n) is 7.95. The number of carbonyl (C=O) groups excluding carboxylic acids is 1. The fraction of sp³-hybridized carbons (Fsp3) is 0.500. The predicted molar refractivity (Wildman–Crippen MR) is 172 cm³/mol. The van der Waals surface area contributed by atoms with Gasteiger partial charge in [0.15, 0.2) is 0 Å². The summed E-state index contributed by atoms with van der Waals surface area (Å²) < 4.78 is 23.5. The first-order chi connectivity index (χ1) is 21.3. The summed E-state index contributed by atoms with van der Waals surface area (Å²) in [7, 11) is 1.50. The number of benzene rings is 1. The summed E-state index contributed by atoms with van der Waals surface area (Å²) in [5, 5.41) is 26.0. The van der Waals surface area contributed by atoms with Crippen molar-refractivity contribution < 1.29 is 24.1 Å². The van der Waals surface area contributed by atoms with E-state index in [2.05, 4.69) is 10.4 Å². The molecule has 3 aromatic heterocycles. The molecule has 1 aliphatic rings. The summed E-state index contributed by atoms with van der Waals surface area (Å²) in [6, 6.07) is 5.80. The van der Waals surface area contributed by atoms with Crippen molar-refractivity contribution in [2.45, 2.75) is 97.1 Å². The second kappa shape index (κ2) is 14.1. The maximum Gasteiger partial charge on any atom is 0.333 e. The molecule has 0 unspecified atom stereocenters. The van der Waals surface area contributed by atoms with Crippen LogP contribution in [0.1, 0.15) is 64.5 Å². The van der Waals surface area contributed by atoms with Gasteiger partial charge in [0, 0.05) is 30.5 Å². The van der Waals surface area contributed by atoms with E-state index in [1.807, 2.05) is 13.8 Å². The Hall–Kier alpha value is -3.81. The highest BCUT2D eigenvalue weighted by atomic mass is 32.1. The first kappa shape index (κ1) is 34.1. The first-order valence-corrected chi connectivity index (χ1v) is 15.9. The highest BCUT2D eigenvalue weighted by Crippen LogP contribution is 2.32. The molecule has 244 valence electrons. The minimum atomic E-state index is -1.47. The Bertz CT molecular complexity index is 1740. The van der Waals surface area contributed by atoms with Crippen LogP contribution >= 0.6 is 11.3 Å². The van der Waals surface area contributed by atoms with Gasteiger partial charge in [-0.1, -0.05) is 11.3 Å². The number of thiophene rings is 1. The standard InChI is InChI=1S/C26H30FN5O4S.C6H12O2/c1-15(2)29-24(34)26(4,5)32-21(33)20-16(3)22(31-12-7-11-28-31)37-23(20)30(25(32)35)13-10-17-14-18(27)8-9-19(17)36-6;7-5-1-2-6(8)4-3-5/h7-9,11-12,14-15H,10,13H2,1-6H3,(H,29,34);5-8H,1-4H2. The number of halogens is 1. The molecule has 0 saturated heterocycles. The molecule has 1 amide bonds. The van der Waals surface area contributed by atoms with E-state index in [4.69, 9.17) is 14.9 Å². The van der Waals surface area contributed by atoms with Gasteiger partial charge in [-0.25, -0.2) is 18.4 Å². The van der Waals surface area contributed by atoms with E-state index in [1.165, 1.54) is 41.2 Å². The molecule has 0 atom stereocenters. The molecule has 1 fully saturated rings. The molecule has 11 nitrogen and oxygen atoms in total. The molecular formula is C32H42FN5O6S. The number of aliphatic hydroxyl groups is 2. The maximum absolute atomic E-state index is 14.0. The zero-order valence-corrected chi connectivity index (χ0v) is 27.4. The molecule has 0 aliphatic heterocycles. The molecule has 1 aliphatic carbocycles. The van der Waals surface area contributed by atoms with Gasteiger partial charge in [0.1, 0.15) is 26.9 Å². The first-order valence-electron chi connectivity index (χ1n) is 15.0. The number of aliphatic hydroxyl groups excluding tert-OH is 2. The highest BCUT2D eigenvalue weighted by Gasteiger charge is 2.35. The SMILES string of the molecule is COc1ccc(F)cc1CCn1c(=O)n(C(C)(C)C(=O)NC(C)C)c(=O)c2c(C)c(-n3cccn3)sc21.OC1CCC(O)CC1. The molecule has 3 heterocycles. The molecule has 1 saturated carbocycles. The molecule has 13 heteroatoms. The van der Waals surface area contributed by atoms with Crippen molar-refractivity contribution in [2.75, 3.05) is 7.11 Å². The van der Waals surface area contributed by atoms with Crippen LogP contribution in [0, 0.1) is 12.7 Å². The van der Waals surface area contributed by atoms with Crippen LogP contribution in [0.15, 0.2) is 46.2 Å². The van der Waals surface area contributed by atoms with Crippen molar-refractivity contribution in [1.82, 2.24) is 24.2 Å². The molecule has 3 N–H and O–H groups in total. The van der Waals surface area contributed by atoms with Gasteiger partial charge in [-0.2, -0.15) is 5.10 Å². The lowest BCUT2D eigenvalue weighted by atomic mass is 9.95. The minimum Gasteiger partial charge on any atom is -0.496 e. The summed E-state index contributed by atoms with van der Waals surface area (Å²) >= 11 is 1.27. The highest BCUT2D eigenvalue weighted by molar-refractivity contribution is 7.21. The number of aromatic nitrogens is 4. The number of methoxy groups -OCH3 is 1. The summed E-state index contributed by atoms with van der Waals surface area (Å²) in [6.07, 6.45) is 6.49. The molecule has 5 rings (SSSR count). The summed E-state index contributed by atoms with van der Waals surface area (Å²) in [4.78, 5) is 41.3. The lowest BCUT2D eigenvalue weighted by molar-refractivity contribution is -0.129. The van der Waals surface area contributed by atoms with Gasteiger partial charge < -0.3 is 20.3 Å². The number of fused-ring (bicyclic) bond motifs is 1. The molecule has 0 bridgehead atoms. The summed E-state index contributed by atoms with van der Waals surface area (Å²) in [6.45, 7) is 8.65. The van der Waals surface area contributed by atoms with Crippen molar-refractivity contribution in [1.29, 1.82) is 0 Å². The monoisotopic (exact) mass is 643 g/mol. The van der Waals surface area contributed by atoms with Crippen LogP contribution in [0.2, 0.25) is 0 Å². The number of nitrogens with one attached hydrogen (secondary N) is 1. The number of aryl methyl sites for hydroxylation is 3. The Balaban J connectivity index is 0.000000501. The Morgan fingerprint density at radius 1 is 1.18 bits per heavy atom. The third-order valence-corrected chi connectivity index (χ3v) is 9.25. The van der Waals surface area contributed by atoms with E-state index < -0.39 is 28.5 Å².